The van der Waals surface area contributed by atoms with Gasteiger partial charge in [0.2, 0.25) is 0 Å². The monoisotopic (exact) mass is 794 g/mol. The molecule has 0 N–H and O–H groups in total. The molecule has 2 aromatic heterocycles. The number of benzene rings is 2. The van der Waals surface area contributed by atoms with Crippen LogP contribution in [-0.4, -0.2) is 113 Å². The summed E-state index contributed by atoms with van der Waals surface area (Å²) in [5.41, 5.74) is -0.978. The Morgan fingerprint density at radius 1 is 1.20 bits per heavy atom. The quantitative estimate of drug-likeness (QED) is 0.136. The highest BCUT2D eigenvalue weighted by Crippen LogP contribution is 2.48. The van der Waals surface area contributed by atoms with E-state index in [2.05, 4.69) is 20.9 Å². The molecule has 1 amide bonds. The van der Waals surface area contributed by atoms with Crippen LogP contribution in [0.1, 0.15) is 58.4 Å². The first-order chi connectivity index (χ1) is 26.2. The molecular weight excluding hydrogens is 753 g/mol. The summed E-state index contributed by atoms with van der Waals surface area (Å²) in [6, 6.07) is 5.96. The number of anilines is 1. The Bertz CT molecular complexity index is 2260. The number of nitriles is 1. The van der Waals surface area contributed by atoms with Gasteiger partial charge in [0.05, 0.1) is 39.2 Å². The van der Waals surface area contributed by atoms with Gasteiger partial charge in [-0.1, -0.05) is 17.7 Å². The number of nitrogens with zero attached hydrogens (tertiary/aromatic N) is 8. The maximum Gasteiger partial charge on any atom is 0.410 e. The standard InChI is InChI=1S/C39H42ClF3N8O3S/c1-38(2,3)54-37(52)51-22-7-8-23(51)18-49(17-22)34-25-13-27(40)30(24-9-10-28(42)33-29(24)26(15-44)35(55-33)45-20-48(4)5)31(43)32(25)46-36(47-34)53-19-39-11-6-12-50(39)16-21(41)14-39/h9-10,13,20-23H,6-8,11-12,14,16-19H2,1-5H3/t21-,22+,23+,39+/m1/s1. The van der Waals surface area contributed by atoms with Gasteiger partial charge < -0.3 is 19.3 Å². The number of aromatic nitrogens is 2. The Morgan fingerprint density at radius 3 is 2.64 bits per heavy atom. The van der Waals surface area contributed by atoms with Crippen LogP contribution in [0.2, 0.25) is 5.02 Å². The average Bonchev–Trinajstić information content (AvgIpc) is 3.84. The Kier molecular flexibility index (Phi) is 9.53. The molecule has 2 bridgehead atoms. The number of fused-ring (bicyclic) bond motifs is 5. The van der Waals surface area contributed by atoms with Crippen molar-refractivity contribution in [2.45, 2.75) is 82.3 Å². The summed E-state index contributed by atoms with van der Waals surface area (Å²) in [7, 11) is 3.54. The lowest BCUT2D eigenvalue weighted by molar-refractivity contribution is 0.0122. The highest BCUT2D eigenvalue weighted by Gasteiger charge is 2.50. The average molecular weight is 795 g/mol. The first kappa shape index (κ1) is 37.5. The van der Waals surface area contributed by atoms with E-state index in [0.29, 0.717) is 37.3 Å². The number of piperazine rings is 1. The third-order valence-electron chi connectivity index (χ3n) is 11.0. The predicted molar refractivity (Wildman–Crippen MR) is 207 cm³/mol. The van der Waals surface area contributed by atoms with Gasteiger partial charge in [0.15, 0.2) is 5.82 Å². The van der Waals surface area contributed by atoms with E-state index in [-0.39, 0.29) is 73.1 Å². The van der Waals surface area contributed by atoms with Crippen molar-refractivity contribution in [2.75, 3.05) is 51.8 Å². The SMILES string of the molecule is CN(C)C=Nc1sc2c(F)ccc(-c3c(Cl)cc4c(N5C[C@@H]6CC[C@@H](C5)N6C(=O)OC(C)(C)C)nc(OC[C@@]56CCCN5C[C@H](F)C6)nc4c3F)c2c1C#N. The van der Waals surface area contributed by atoms with Gasteiger partial charge in [-0.3, -0.25) is 9.80 Å². The molecule has 4 saturated heterocycles. The largest absolute Gasteiger partial charge is 0.461 e. The summed E-state index contributed by atoms with van der Waals surface area (Å²) in [4.78, 5) is 34.8. The number of carbonyl (C=O) groups is 1. The fourth-order valence-electron chi connectivity index (χ4n) is 8.78. The maximum absolute atomic E-state index is 17.4. The molecule has 0 aliphatic carbocycles. The zero-order valence-corrected chi connectivity index (χ0v) is 32.9. The fourth-order valence-corrected chi connectivity index (χ4v) is 10.1. The molecule has 4 atom stereocenters. The van der Waals surface area contributed by atoms with Crippen LogP contribution >= 0.6 is 22.9 Å². The molecule has 0 unspecified atom stereocenters. The van der Waals surface area contributed by atoms with Crippen LogP contribution < -0.4 is 9.64 Å². The molecule has 16 heteroatoms. The first-order valence-corrected chi connectivity index (χ1v) is 19.7. The van der Waals surface area contributed by atoms with E-state index >= 15 is 8.78 Å². The molecule has 0 radical (unpaired) electrons. The van der Waals surface area contributed by atoms with E-state index in [9.17, 15) is 14.4 Å². The number of hydrogen-bond donors (Lipinski definition) is 0. The number of hydrogen-bond acceptors (Lipinski definition) is 10. The number of alkyl halides is 1. The van der Waals surface area contributed by atoms with E-state index in [1.807, 2.05) is 25.7 Å². The van der Waals surface area contributed by atoms with E-state index in [1.54, 1.807) is 30.0 Å². The molecule has 8 rings (SSSR count). The summed E-state index contributed by atoms with van der Waals surface area (Å²) in [6.07, 6.45) is 3.72. The molecule has 4 aromatic rings. The van der Waals surface area contributed by atoms with Crippen molar-refractivity contribution in [3.8, 4) is 23.2 Å². The lowest BCUT2D eigenvalue weighted by Crippen LogP contribution is -2.57. The second-order valence-corrected chi connectivity index (χ2v) is 17.6. The summed E-state index contributed by atoms with van der Waals surface area (Å²) in [6.45, 7) is 7.56. The maximum atomic E-state index is 17.4. The summed E-state index contributed by atoms with van der Waals surface area (Å²) < 4.78 is 59.6. The van der Waals surface area contributed by atoms with Gasteiger partial charge in [-0.25, -0.2) is 23.0 Å². The highest BCUT2D eigenvalue weighted by atomic mass is 35.5. The summed E-state index contributed by atoms with van der Waals surface area (Å²) in [5.74, 6) is -0.980. The molecular formula is C39H42ClF3N8O3S. The second-order valence-electron chi connectivity index (χ2n) is 16.2. The molecule has 0 spiro atoms. The number of carbonyl (C=O) groups excluding carboxylic acids is 1. The zero-order chi connectivity index (χ0) is 39.0. The van der Waals surface area contributed by atoms with Crippen molar-refractivity contribution in [3.63, 3.8) is 0 Å². The molecule has 0 saturated carbocycles. The Balaban J connectivity index is 1.25. The van der Waals surface area contributed by atoms with Crippen LogP contribution in [0, 0.1) is 23.0 Å². The van der Waals surface area contributed by atoms with Crippen LogP contribution in [-0.2, 0) is 4.74 Å². The highest BCUT2D eigenvalue weighted by molar-refractivity contribution is 7.23. The topological polar surface area (TPSA) is 110 Å². The van der Waals surface area contributed by atoms with Gasteiger partial charge in [0.25, 0.3) is 0 Å². The summed E-state index contributed by atoms with van der Waals surface area (Å²) in [5, 5.41) is 11.1. The summed E-state index contributed by atoms with van der Waals surface area (Å²) >= 11 is 7.98. The number of amides is 1. The van der Waals surface area contributed by atoms with Crippen molar-refractivity contribution in [1.29, 1.82) is 5.26 Å². The van der Waals surface area contributed by atoms with Crippen LogP contribution in [0.4, 0.5) is 28.8 Å². The number of ether oxygens (including phenoxy) is 2. The van der Waals surface area contributed by atoms with Gasteiger partial charge in [0.1, 0.15) is 46.6 Å². The lowest BCUT2D eigenvalue weighted by atomic mass is 9.95. The Hall–Kier alpha value is -4.39. The normalized spacial score (nSPS) is 24.0. The van der Waals surface area contributed by atoms with Crippen molar-refractivity contribution in [1.82, 2.24) is 24.7 Å². The smallest absolute Gasteiger partial charge is 0.410 e. The van der Waals surface area contributed by atoms with Gasteiger partial charge in [-0.2, -0.15) is 15.2 Å². The molecule has 4 aliphatic rings. The van der Waals surface area contributed by atoms with E-state index in [4.69, 9.17) is 26.1 Å². The van der Waals surface area contributed by atoms with Gasteiger partial charge in [-0.05, 0) is 70.7 Å². The van der Waals surface area contributed by atoms with Crippen LogP contribution in [0.5, 0.6) is 6.01 Å². The van der Waals surface area contributed by atoms with E-state index in [0.717, 1.165) is 43.6 Å². The molecule has 2 aromatic carbocycles. The molecule has 290 valence electrons. The van der Waals surface area contributed by atoms with Crippen molar-refractivity contribution >= 4 is 67.2 Å². The van der Waals surface area contributed by atoms with Crippen molar-refractivity contribution in [3.05, 3.63) is 40.4 Å². The van der Waals surface area contributed by atoms with Gasteiger partial charge in [0, 0.05) is 56.5 Å². The predicted octanol–water partition coefficient (Wildman–Crippen LogP) is 8.08. The Labute approximate surface area is 326 Å². The molecule has 6 heterocycles. The molecule has 4 aliphatic heterocycles. The zero-order valence-electron chi connectivity index (χ0n) is 31.3. The molecule has 11 nitrogen and oxygen atoms in total. The minimum absolute atomic E-state index is 0.0145. The van der Waals surface area contributed by atoms with Crippen molar-refractivity contribution in [2.24, 2.45) is 4.99 Å². The van der Waals surface area contributed by atoms with Crippen molar-refractivity contribution < 1.29 is 27.4 Å². The number of rotatable bonds is 7. The number of aliphatic imine (C=N–C) groups is 1. The molecule has 55 heavy (non-hydrogen) atoms. The van der Waals surface area contributed by atoms with Crippen LogP contribution in [0.15, 0.2) is 23.2 Å². The Morgan fingerprint density at radius 2 is 1.95 bits per heavy atom. The number of halogens is 4. The minimum Gasteiger partial charge on any atom is -0.461 e. The number of thiophene rings is 1. The first-order valence-electron chi connectivity index (χ1n) is 18.5. The molecule has 4 fully saturated rings. The van der Waals surface area contributed by atoms with E-state index in [1.165, 1.54) is 18.5 Å². The third-order valence-corrected chi connectivity index (χ3v) is 12.4. The van der Waals surface area contributed by atoms with Crippen LogP contribution in [0.3, 0.4) is 0 Å². The van der Waals surface area contributed by atoms with Crippen LogP contribution in [0.25, 0.3) is 32.1 Å². The van der Waals surface area contributed by atoms with Gasteiger partial charge in [-0.15, -0.1) is 11.3 Å². The lowest BCUT2D eigenvalue weighted by Gasteiger charge is -2.42. The van der Waals surface area contributed by atoms with Gasteiger partial charge >= 0.3 is 12.1 Å². The minimum atomic E-state index is -0.965. The van der Waals surface area contributed by atoms with E-state index < -0.39 is 28.9 Å². The second kappa shape index (κ2) is 14.0. The third kappa shape index (κ3) is 6.69. The fraction of sp³-hybridized carbons (Fsp3) is 0.513.